The number of aliphatic hydroxyl groups is 1. The van der Waals surface area contributed by atoms with E-state index < -0.39 is 41.1 Å². The maximum absolute atomic E-state index is 14.8. The van der Waals surface area contributed by atoms with E-state index in [1.54, 1.807) is 17.1 Å². The van der Waals surface area contributed by atoms with Crippen LogP contribution in [0.15, 0.2) is 43.5 Å². The van der Waals surface area contributed by atoms with Crippen molar-refractivity contribution in [1.29, 1.82) is 0 Å². The number of esters is 1. The fourth-order valence-electron chi connectivity index (χ4n) is 7.41. The summed E-state index contributed by atoms with van der Waals surface area (Å²) in [6, 6.07) is 4.24. The molecule has 3 saturated heterocycles. The summed E-state index contributed by atoms with van der Waals surface area (Å²) in [5, 5.41) is 10.4. The lowest BCUT2D eigenvalue weighted by Gasteiger charge is -2.40. The molecule has 1 spiro atoms. The molecular weight excluding hydrogens is 508 g/mol. The van der Waals surface area contributed by atoms with Crippen molar-refractivity contribution >= 4 is 23.5 Å². The van der Waals surface area contributed by atoms with Crippen LogP contribution in [0.1, 0.15) is 57.6 Å². The Morgan fingerprint density at radius 3 is 2.52 bits per heavy atom. The van der Waals surface area contributed by atoms with Gasteiger partial charge in [-0.15, -0.1) is 13.2 Å². The third kappa shape index (κ3) is 4.49. The van der Waals surface area contributed by atoms with Crippen molar-refractivity contribution in [3.8, 4) is 0 Å². The zero-order valence-electron chi connectivity index (χ0n) is 24.5. The lowest BCUT2D eigenvalue weighted by atomic mass is 9.62. The summed E-state index contributed by atoms with van der Waals surface area (Å²) >= 11 is 0. The van der Waals surface area contributed by atoms with E-state index in [9.17, 15) is 19.5 Å². The molecule has 7 atom stereocenters. The Balaban J connectivity index is 1.84. The number of rotatable bonds is 12. The van der Waals surface area contributed by atoms with Crippen LogP contribution in [0, 0.1) is 31.6 Å². The van der Waals surface area contributed by atoms with Crippen LogP contribution in [0.4, 0.5) is 5.69 Å². The summed E-state index contributed by atoms with van der Waals surface area (Å²) in [7, 11) is 0. The minimum Gasteiger partial charge on any atom is -0.465 e. The fourth-order valence-corrected chi connectivity index (χ4v) is 7.41. The number of carbonyl (C=O) groups excluding carboxylic acids is 3. The zero-order valence-corrected chi connectivity index (χ0v) is 24.5. The number of fused-ring (bicyclic) bond motifs is 1. The van der Waals surface area contributed by atoms with E-state index in [0.29, 0.717) is 25.7 Å². The Kier molecular flexibility index (Phi) is 8.62. The van der Waals surface area contributed by atoms with Gasteiger partial charge in [0.25, 0.3) is 5.91 Å². The third-order valence-electron chi connectivity index (χ3n) is 9.40. The molecule has 3 aliphatic rings. The van der Waals surface area contributed by atoms with Crippen molar-refractivity contribution < 1.29 is 29.0 Å². The SMILES string of the molecule is C=CCCCOC(=O)[C@H]1[C@H]2C(=O)N([C@@H](CC)CO)C(C(=O)N(CC=C)c3c(C)cccc3C)C23CC(C)[C@]1(C)O3. The van der Waals surface area contributed by atoms with Gasteiger partial charge in [-0.05, 0) is 63.5 Å². The molecule has 0 aromatic heterocycles. The Morgan fingerprint density at radius 1 is 1.27 bits per heavy atom. The summed E-state index contributed by atoms with van der Waals surface area (Å²) in [5.74, 6) is -2.92. The molecular formula is C32H44N2O6. The number of amides is 2. The number of benzene rings is 1. The molecule has 0 radical (unpaired) electrons. The number of aliphatic hydroxyl groups excluding tert-OH is 1. The van der Waals surface area contributed by atoms with Gasteiger partial charge in [0.15, 0.2) is 0 Å². The minimum atomic E-state index is -1.22. The Morgan fingerprint density at radius 2 is 1.95 bits per heavy atom. The van der Waals surface area contributed by atoms with E-state index in [2.05, 4.69) is 13.2 Å². The maximum atomic E-state index is 14.8. The normalized spacial score (nSPS) is 31.1. The molecule has 4 rings (SSSR count). The van der Waals surface area contributed by atoms with E-state index in [0.717, 1.165) is 16.8 Å². The van der Waals surface area contributed by atoms with Crippen LogP contribution in [0.5, 0.6) is 0 Å². The van der Waals surface area contributed by atoms with Gasteiger partial charge in [-0.1, -0.05) is 44.2 Å². The number of nitrogens with zero attached hydrogens (tertiary/aromatic N) is 2. The van der Waals surface area contributed by atoms with Gasteiger partial charge < -0.3 is 24.4 Å². The Labute approximate surface area is 238 Å². The molecule has 1 N–H and O–H groups in total. The van der Waals surface area contributed by atoms with Crippen molar-refractivity contribution in [3.05, 3.63) is 54.6 Å². The quantitative estimate of drug-likeness (QED) is 0.238. The van der Waals surface area contributed by atoms with Gasteiger partial charge in [-0.2, -0.15) is 0 Å². The van der Waals surface area contributed by atoms with Gasteiger partial charge in [0.2, 0.25) is 5.91 Å². The average molecular weight is 553 g/mol. The van der Waals surface area contributed by atoms with Gasteiger partial charge in [-0.3, -0.25) is 14.4 Å². The topological polar surface area (TPSA) is 96.4 Å². The summed E-state index contributed by atoms with van der Waals surface area (Å²) in [6.07, 6.45) is 5.69. The highest BCUT2D eigenvalue weighted by atomic mass is 16.6. The average Bonchev–Trinajstić information content (AvgIpc) is 3.43. The zero-order chi connectivity index (χ0) is 29.4. The van der Waals surface area contributed by atoms with Crippen molar-refractivity contribution in [2.45, 2.75) is 83.6 Å². The lowest BCUT2D eigenvalue weighted by Crippen LogP contribution is -2.59. The van der Waals surface area contributed by atoms with Crippen molar-refractivity contribution in [2.75, 3.05) is 24.7 Å². The number of aryl methyl sites for hydroxylation is 2. The second-order valence-corrected chi connectivity index (χ2v) is 11.8. The first-order valence-corrected chi connectivity index (χ1v) is 14.4. The first-order valence-electron chi connectivity index (χ1n) is 14.4. The van der Waals surface area contributed by atoms with Gasteiger partial charge in [-0.25, -0.2) is 0 Å². The predicted octanol–water partition coefficient (Wildman–Crippen LogP) is 4.11. The standard InChI is InChI=1S/C32H44N2O6/c1-8-11-12-17-39-30(38)25-24-28(36)34(23(10-3)19-35)27(32(24)18-22(6)31(25,7)40-32)29(37)33(16-9-2)26-20(4)14-13-15-21(26)5/h8-9,13-15,22-25,27,35H,1-2,10-12,16-19H2,3-7H3/t22?,23-,24-,25+,27?,31-,32?/m0/s1. The number of unbranched alkanes of at least 4 members (excludes halogenated alkanes) is 1. The number of ether oxygens (including phenoxy) is 2. The molecule has 1 aromatic carbocycles. The highest BCUT2D eigenvalue weighted by Gasteiger charge is 2.80. The summed E-state index contributed by atoms with van der Waals surface area (Å²) in [5.41, 5.74) is 0.441. The molecule has 3 aliphatic heterocycles. The molecule has 0 saturated carbocycles. The molecule has 40 heavy (non-hydrogen) atoms. The fraction of sp³-hybridized carbons (Fsp3) is 0.594. The maximum Gasteiger partial charge on any atom is 0.312 e. The number of likely N-dealkylation sites (tertiary alicyclic amines) is 1. The Hall–Kier alpha value is -2.97. The van der Waals surface area contributed by atoms with Crippen LogP contribution in [0.25, 0.3) is 0 Å². The van der Waals surface area contributed by atoms with E-state index in [1.807, 2.05) is 52.8 Å². The van der Waals surface area contributed by atoms with Crippen LogP contribution >= 0.6 is 0 Å². The molecule has 3 fully saturated rings. The molecule has 3 unspecified atom stereocenters. The largest absolute Gasteiger partial charge is 0.465 e. The third-order valence-corrected chi connectivity index (χ3v) is 9.40. The number of anilines is 1. The van der Waals surface area contributed by atoms with Gasteiger partial charge in [0.05, 0.1) is 30.8 Å². The van der Waals surface area contributed by atoms with Gasteiger partial charge in [0, 0.05) is 12.2 Å². The minimum absolute atomic E-state index is 0.0974. The second kappa shape index (κ2) is 11.5. The highest BCUT2D eigenvalue weighted by Crippen LogP contribution is 2.65. The number of hydrogen-bond acceptors (Lipinski definition) is 6. The summed E-state index contributed by atoms with van der Waals surface area (Å²) in [6.45, 7) is 17.4. The molecule has 8 nitrogen and oxygen atoms in total. The van der Waals surface area contributed by atoms with Crippen molar-refractivity contribution in [1.82, 2.24) is 4.90 Å². The lowest BCUT2D eigenvalue weighted by molar-refractivity contribution is -0.162. The van der Waals surface area contributed by atoms with E-state index >= 15 is 0 Å². The second-order valence-electron chi connectivity index (χ2n) is 11.8. The molecule has 1 aromatic rings. The highest BCUT2D eigenvalue weighted by molar-refractivity contribution is 6.05. The predicted molar refractivity (Wildman–Crippen MR) is 154 cm³/mol. The molecule has 218 valence electrons. The summed E-state index contributed by atoms with van der Waals surface area (Å²) < 4.78 is 12.5. The summed E-state index contributed by atoms with van der Waals surface area (Å²) in [4.78, 5) is 46.0. The van der Waals surface area contributed by atoms with Crippen LogP contribution in [0.2, 0.25) is 0 Å². The Bertz CT molecular complexity index is 1160. The van der Waals surface area contributed by atoms with E-state index in [-0.39, 0.29) is 37.5 Å². The monoisotopic (exact) mass is 552 g/mol. The number of allylic oxidation sites excluding steroid dienone is 1. The van der Waals surface area contributed by atoms with E-state index in [1.165, 1.54) is 4.90 Å². The first-order chi connectivity index (χ1) is 19.0. The van der Waals surface area contributed by atoms with Crippen LogP contribution in [0.3, 0.4) is 0 Å². The molecule has 2 amide bonds. The van der Waals surface area contributed by atoms with Crippen LogP contribution in [-0.4, -0.2) is 70.8 Å². The first kappa shape index (κ1) is 30.0. The van der Waals surface area contributed by atoms with Gasteiger partial charge in [0.1, 0.15) is 17.6 Å². The molecule has 0 aliphatic carbocycles. The van der Waals surface area contributed by atoms with Crippen molar-refractivity contribution in [3.63, 3.8) is 0 Å². The molecule has 2 bridgehead atoms. The number of para-hydroxylation sites is 1. The van der Waals surface area contributed by atoms with Gasteiger partial charge >= 0.3 is 5.97 Å². The molecule has 8 heteroatoms. The van der Waals surface area contributed by atoms with Crippen LogP contribution < -0.4 is 4.90 Å². The molecule has 3 heterocycles. The van der Waals surface area contributed by atoms with E-state index in [4.69, 9.17) is 9.47 Å². The van der Waals surface area contributed by atoms with Crippen LogP contribution in [-0.2, 0) is 23.9 Å². The number of hydrogen-bond donors (Lipinski definition) is 1. The van der Waals surface area contributed by atoms with Crippen molar-refractivity contribution in [2.24, 2.45) is 17.8 Å². The number of carbonyl (C=O) groups is 3. The smallest absolute Gasteiger partial charge is 0.312 e.